The molecule has 32 heavy (non-hydrogen) atoms. The molecule has 2 aliphatic rings. The first-order valence-corrected chi connectivity index (χ1v) is 10.3. The molecule has 2 aliphatic heterocycles. The number of para-hydroxylation sites is 2. The predicted octanol–water partition coefficient (Wildman–Crippen LogP) is 5.59. The minimum Gasteiger partial charge on any atom is -0.435 e. The van der Waals surface area contributed by atoms with Gasteiger partial charge in [-0.2, -0.15) is 9.15 Å². The fraction of sp³-hybridized carbons (Fsp3) is 0.222. The second kappa shape index (κ2) is 9.31. The topological polar surface area (TPSA) is 24.5 Å². The molecule has 3 aromatic carbocycles. The summed E-state index contributed by atoms with van der Waals surface area (Å²) in [4.78, 5) is 0. The predicted molar refractivity (Wildman–Crippen MR) is 126 cm³/mol. The third kappa shape index (κ3) is 4.23. The molecule has 0 saturated carbocycles. The van der Waals surface area contributed by atoms with Crippen molar-refractivity contribution in [1.29, 1.82) is 0 Å². The van der Waals surface area contributed by atoms with Crippen molar-refractivity contribution in [2.45, 2.75) is 27.7 Å². The van der Waals surface area contributed by atoms with Gasteiger partial charge in [0, 0.05) is 28.9 Å². The Labute approximate surface area is 201 Å². The third-order valence-electron chi connectivity index (χ3n) is 5.68. The van der Waals surface area contributed by atoms with Gasteiger partial charge in [-0.25, -0.2) is 0 Å². The van der Waals surface area contributed by atoms with Gasteiger partial charge < -0.3 is 16.9 Å². The monoisotopic (exact) mass is 472 g/mol. The van der Waals surface area contributed by atoms with Gasteiger partial charge >= 0.3 is 0 Å². The summed E-state index contributed by atoms with van der Waals surface area (Å²) in [6, 6.07) is 17.1. The van der Waals surface area contributed by atoms with Gasteiger partial charge in [0.15, 0.2) is 12.4 Å². The Morgan fingerprint density at radius 1 is 0.656 bits per heavy atom. The number of hydrogen-bond donors (Lipinski definition) is 0. The molecule has 3 aromatic rings. The molecule has 2 bridgehead atoms. The van der Waals surface area contributed by atoms with Crippen LogP contribution in [0, 0.1) is 35.1 Å². The number of fused-ring (bicyclic) bond motifs is 2. The van der Waals surface area contributed by atoms with Crippen molar-refractivity contribution in [3.63, 3.8) is 0 Å². The van der Waals surface area contributed by atoms with Crippen LogP contribution in [0.5, 0.6) is 11.5 Å². The van der Waals surface area contributed by atoms with Crippen molar-refractivity contribution in [3.05, 3.63) is 89.3 Å². The second-order valence-electron chi connectivity index (χ2n) is 8.23. The van der Waals surface area contributed by atoms with Gasteiger partial charge in [0.25, 0.3) is 24.8 Å². The van der Waals surface area contributed by atoms with Crippen molar-refractivity contribution in [2.75, 3.05) is 13.5 Å². The summed E-state index contributed by atoms with van der Waals surface area (Å²) in [6.45, 7) is 9.28. The van der Waals surface area contributed by atoms with E-state index < -0.39 is 0 Å². The SMILES string of the molecule is Cc1cc(C)c2c(c1)C=[N+]1COc3c(C)cc(C)cc3/C=[N+](\CO2)c2ccccc21.[CH3-].[Co]. The molecule has 1 radical (unpaired) electrons. The van der Waals surface area contributed by atoms with Crippen LogP contribution in [0.4, 0.5) is 11.4 Å². The normalized spacial score (nSPS) is 15.4. The number of rotatable bonds is 0. The number of aryl methyl sites for hydroxylation is 4. The molecule has 5 rings (SSSR count). The molecule has 0 saturated heterocycles. The van der Waals surface area contributed by atoms with Crippen LogP contribution < -0.4 is 9.47 Å². The molecule has 0 aliphatic carbocycles. The van der Waals surface area contributed by atoms with Crippen molar-refractivity contribution in [3.8, 4) is 11.5 Å². The summed E-state index contributed by atoms with van der Waals surface area (Å²) < 4.78 is 17.2. The smallest absolute Gasteiger partial charge is 0.292 e. The van der Waals surface area contributed by atoms with E-state index in [-0.39, 0.29) is 24.2 Å². The van der Waals surface area contributed by atoms with E-state index >= 15 is 0 Å². The maximum atomic E-state index is 6.40. The second-order valence-corrected chi connectivity index (χ2v) is 8.23. The first-order valence-electron chi connectivity index (χ1n) is 10.3. The zero-order valence-electron chi connectivity index (χ0n) is 19.2. The zero-order valence-corrected chi connectivity index (χ0v) is 20.3. The van der Waals surface area contributed by atoms with Gasteiger partial charge in [0.2, 0.25) is 0 Å². The van der Waals surface area contributed by atoms with E-state index in [1.54, 1.807) is 0 Å². The van der Waals surface area contributed by atoms with Crippen LogP contribution >= 0.6 is 0 Å². The van der Waals surface area contributed by atoms with E-state index in [0.29, 0.717) is 13.5 Å². The molecule has 167 valence electrons. The first kappa shape index (κ1) is 23.8. The van der Waals surface area contributed by atoms with E-state index in [1.807, 2.05) is 0 Å². The van der Waals surface area contributed by atoms with Gasteiger partial charge in [-0.3, -0.25) is 0 Å². The van der Waals surface area contributed by atoms with Crippen LogP contribution in [-0.4, -0.2) is 35.0 Å². The van der Waals surface area contributed by atoms with E-state index in [1.165, 1.54) is 11.1 Å². The van der Waals surface area contributed by atoms with Gasteiger partial charge in [-0.05, 0) is 62.1 Å². The maximum absolute atomic E-state index is 6.40. The van der Waals surface area contributed by atoms with E-state index in [0.717, 1.165) is 45.1 Å². The van der Waals surface area contributed by atoms with Gasteiger partial charge in [-0.15, -0.1) is 0 Å². The van der Waals surface area contributed by atoms with Crippen LogP contribution in [-0.2, 0) is 16.8 Å². The van der Waals surface area contributed by atoms with Crippen molar-refractivity contribution < 1.29 is 35.4 Å². The molecule has 0 amide bonds. The number of ether oxygens (including phenoxy) is 2. The minimum absolute atomic E-state index is 0. The van der Waals surface area contributed by atoms with E-state index in [9.17, 15) is 0 Å². The summed E-state index contributed by atoms with van der Waals surface area (Å²) in [5, 5.41) is 0. The Bertz CT molecular complexity index is 1150. The van der Waals surface area contributed by atoms with Crippen LogP contribution in [0.15, 0.2) is 48.5 Å². The zero-order chi connectivity index (χ0) is 20.8. The summed E-state index contributed by atoms with van der Waals surface area (Å²) in [7, 11) is 0. The average molecular weight is 472 g/mol. The van der Waals surface area contributed by atoms with Gasteiger partial charge in [-0.1, -0.05) is 24.3 Å². The van der Waals surface area contributed by atoms with Crippen LogP contribution in [0.25, 0.3) is 0 Å². The van der Waals surface area contributed by atoms with Crippen LogP contribution in [0.3, 0.4) is 0 Å². The molecule has 2 heterocycles. The number of hydrogen-bond acceptors (Lipinski definition) is 2. The first-order chi connectivity index (χ1) is 14.5. The van der Waals surface area contributed by atoms with Crippen LogP contribution in [0.2, 0.25) is 0 Å². The molecule has 0 atom stereocenters. The number of benzene rings is 3. The minimum atomic E-state index is 0. The van der Waals surface area contributed by atoms with Gasteiger partial charge in [0.05, 0.1) is 11.1 Å². The quantitative estimate of drug-likeness (QED) is 0.315. The molecule has 4 nitrogen and oxygen atoms in total. The number of nitrogens with zero attached hydrogens (tertiary/aromatic N) is 2. The summed E-state index contributed by atoms with van der Waals surface area (Å²) >= 11 is 0. The van der Waals surface area contributed by atoms with Crippen molar-refractivity contribution in [1.82, 2.24) is 0 Å². The Morgan fingerprint density at radius 3 is 1.47 bits per heavy atom. The van der Waals surface area contributed by atoms with Crippen molar-refractivity contribution >= 4 is 23.8 Å². The molecular weight excluding hydrogens is 443 g/mol. The molecule has 0 unspecified atom stereocenters. The maximum Gasteiger partial charge on any atom is 0.292 e. The molecule has 0 fully saturated rings. The summed E-state index contributed by atoms with van der Waals surface area (Å²) in [6.07, 6.45) is 4.29. The molecule has 0 spiro atoms. The molecule has 5 heteroatoms. The Kier molecular flexibility index (Phi) is 6.91. The molecule has 0 aromatic heterocycles. The van der Waals surface area contributed by atoms with E-state index in [4.69, 9.17) is 9.47 Å². The van der Waals surface area contributed by atoms with Crippen LogP contribution in [0.1, 0.15) is 33.4 Å². The summed E-state index contributed by atoms with van der Waals surface area (Å²) in [5.41, 5.74) is 9.01. The van der Waals surface area contributed by atoms with Crippen molar-refractivity contribution in [2.24, 2.45) is 0 Å². The fourth-order valence-corrected chi connectivity index (χ4v) is 4.47. The average Bonchev–Trinajstić information content (AvgIpc) is 2.79. The molecular formula is C27H29CoN2O2+. The Hall–Kier alpha value is -2.89. The van der Waals surface area contributed by atoms with Gasteiger partial charge in [0.1, 0.15) is 11.5 Å². The largest absolute Gasteiger partial charge is 0.435 e. The standard InChI is InChI=1S/C26H26N2O2.CH3.Co/c1-17-9-19(3)25-21(11-17)13-27-15-30-26-20(4)10-18(2)12-22(26)14-28(16-29-25)24-8-6-5-7-23(24)27;;/h5-14H,15-16H2,1-4H3;1H3;/q+2;-1;/b27-13+,28-14?;;. The Morgan fingerprint density at radius 2 is 1.06 bits per heavy atom. The van der Waals surface area contributed by atoms with E-state index in [2.05, 4.69) is 97.8 Å². The molecule has 0 N–H and O–H groups in total. The third-order valence-corrected chi connectivity index (χ3v) is 5.68. The Balaban J connectivity index is 0.00000144. The summed E-state index contributed by atoms with van der Waals surface area (Å²) in [5.74, 6) is 1.83. The fourth-order valence-electron chi connectivity index (χ4n) is 4.47.